The number of carbonyl (C=O) groups is 2. The predicted octanol–water partition coefficient (Wildman–Crippen LogP) is 1.28. The Morgan fingerprint density at radius 2 is 2.10 bits per heavy atom. The molecule has 0 aliphatic carbocycles. The van der Waals surface area contributed by atoms with Crippen molar-refractivity contribution in [3.63, 3.8) is 0 Å². The molecule has 54 valence electrons. The minimum atomic E-state index is -0.395. The smallest absolute Gasteiger partial charge is 0.201 e. The van der Waals surface area contributed by atoms with Gasteiger partial charge < -0.3 is 0 Å². The maximum Gasteiger partial charge on any atom is 0.201 e. The van der Waals surface area contributed by atoms with Crippen molar-refractivity contribution in [1.29, 1.82) is 0 Å². The maximum absolute atomic E-state index is 10.6. The van der Waals surface area contributed by atoms with Gasteiger partial charge in [0.25, 0.3) is 0 Å². The van der Waals surface area contributed by atoms with Gasteiger partial charge in [0, 0.05) is 13.3 Å². The molecule has 0 radical (unpaired) electrons. The average Bonchev–Trinajstić information content (AvgIpc) is 1.88. The van der Waals surface area contributed by atoms with E-state index in [-0.39, 0.29) is 12.2 Å². The highest BCUT2D eigenvalue weighted by Crippen LogP contribution is 1.87. The van der Waals surface area contributed by atoms with Gasteiger partial charge in [0.2, 0.25) is 5.78 Å². The van der Waals surface area contributed by atoms with Gasteiger partial charge in [-0.05, 0) is 0 Å². The molecule has 0 unspecified atom stereocenters. The number of Topliss-reactive ketones (excluding diaryl/α,β-unsaturated/α-hetero) is 2. The van der Waals surface area contributed by atoms with Crippen molar-refractivity contribution < 1.29 is 9.59 Å². The second-order valence-corrected chi connectivity index (χ2v) is 1.85. The summed E-state index contributed by atoms with van der Waals surface area (Å²) in [5.74, 6) is -0.758. The fourth-order valence-corrected chi connectivity index (χ4v) is 0.415. The first kappa shape index (κ1) is 8.82. The van der Waals surface area contributed by atoms with E-state index < -0.39 is 5.78 Å². The predicted molar refractivity (Wildman–Crippen MR) is 39.6 cm³/mol. The van der Waals surface area contributed by atoms with Gasteiger partial charge in [-0.15, -0.1) is 0 Å². The van der Waals surface area contributed by atoms with Crippen LogP contribution in [0.2, 0.25) is 0 Å². The van der Waals surface area contributed by atoms with E-state index in [2.05, 4.69) is 6.58 Å². The van der Waals surface area contributed by atoms with Gasteiger partial charge in [0.15, 0.2) is 5.78 Å². The van der Waals surface area contributed by atoms with Crippen LogP contribution in [0.25, 0.3) is 0 Å². The summed E-state index contributed by atoms with van der Waals surface area (Å²) in [4.78, 5) is 20.9. The Bertz CT molecular complexity index is 178. The molecule has 0 aliphatic heterocycles. The molecule has 0 rings (SSSR count). The van der Waals surface area contributed by atoms with Crippen molar-refractivity contribution in [3.05, 3.63) is 24.8 Å². The van der Waals surface area contributed by atoms with Gasteiger partial charge in [-0.25, -0.2) is 0 Å². The highest BCUT2D eigenvalue weighted by Gasteiger charge is 2.02. The Morgan fingerprint density at radius 3 is 2.50 bits per heavy atom. The zero-order valence-corrected chi connectivity index (χ0v) is 5.96. The van der Waals surface area contributed by atoms with Crippen molar-refractivity contribution >= 4 is 11.6 Å². The molecule has 0 bridgehead atoms. The number of rotatable bonds is 4. The van der Waals surface area contributed by atoms with Gasteiger partial charge in [-0.3, -0.25) is 9.59 Å². The van der Waals surface area contributed by atoms with E-state index in [1.807, 2.05) is 0 Å². The van der Waals surface area contributed by atoms with Crippen LogP contribution in [-0.4, -0.2) is 11.6 Å². The molecule has 0 aliphatic rings. The third-order valence-corrected chi connectivity index (χ3v) is 0.968. The van der Waals surface area contributed by atoms with E-state index in [1.165, 1.54) is 6.92 Å². The Balaban J connectivity index is 3.70. The molecule has 0 spiro atoms. The van der Waals surface area contributed by atoms with E-state index in [0.717, 1.165) is 0 Å². The maximum atomic E-state index is 10.6. The third-order valence-electron chi connectivity index (χ3n) is 0.968. The average molecular weight is 138 g/mol. The Hall–Kier alpha value is -1.18. The molecule has 10 heavy (non-hydrogen) atoms. The molecule has 0 heterocycles. The van der Waals surface area contributed by atoms with Gasteiger partial charge >= 0.3 is 0 Å². The molecular formula is C8H10O2. The van der Waals surface area contributed by atoms with E-state index in [1.54, 1.807) is 18.2 Å². The van der Waals surface area contributed by atoms with Gasteiger partial charge in [-0.2, -0.15) is 0 Å². The Morgan fingerprint density at radius 1 is 1.50 bits per heavy atom. The van der Waals surface area contributed by atoms with Gasteiger partial charge in [0.05, 0.1) is 0 Å². The molecule has 2 nitrogen and oxygen atoms in total. The second kappa shape index (κ2) is 4.68. The zero-order valence-electron chi connectivity index (χ0n) is 5.96. The van der Waals surface area contributed by atoms with Crippen LogP contribution in [0, 0.1) is 0 Å². The lowest BCUT2D eigenvalue weighted by atomic mass is 10.2. The number of hydrogen-bond acceptors (Lipinski definition) is 2. The van der Waals surface area contributed by atoms with Crippen molar-refractivity contribution in [1.82, 2.24) is 0 Å². The molecule has 0 saturated carbocycles. The van der Waals surface area contributed by atoms with Crippen LogP contribution in [0.4, 0.5) is 0 Å². The number of allylic oxidation sites excluding steroid dienone is 3. The number of ketones is 2. The summed E-state index contributed by atoms with van der Waals surface area (Å²) in [6, 6.07) is 0. The monoisotopic (exact) mass is 138 g/mol. The summed E-state index contributed by atoms with van der Waals surface area (Å²) in [5.41, 5.74) is 0. The fourth-order valence-electron chi connectivity index (χ4n) is 0.415. The van der Waals surface area contributed by atoms with Crippen LogP contribution in [0.5, 0.6) is 0 Å². The number of carbonyl (C=O) groups excluding carboxylic acids is 2. The molecular weight excluding hydrogens is 128 g/mol. The number of hydrogen-bond donors (Lipinski definition) is 0. The van der Waals surface area contributed by atoms with Crippen molar-refractivity contribution in [2.45, 2.75) is 13.3 Å². The quantitative estimate of drug-likeness (QED) is 0.433. The van der Waals surface area contributed by atoms with E-state index >= 15 is 0 Å². The summed E-state index contributed by atoms with van der Waals surface area (Å²) in [6.07, 6.45) is 4.99. The summed E-state index contributed by atoms with van der Waals surface area (Å²) in [7, 11) is 0. The fraction of sp³-hybridized carbons (Fsp3) is 0.250. The zero-order chi connectivity index (χ0) is 7.98. The van der Waals surface area contributed by atoms with Gasteiger partial charge in [-0.1, -0.05) is 24.8 Å². The molecule has 0 amide bonds. The minimum Gasteiger partial charge on any atom is -0.291 e. The molecule has 0 saturated heterocycles. The minimum absolute atomic E-state index is 0.182. The molecule has 0 aromatic carbocycles. The Labute approximate surface area is 60.2 Å². The lowest BCUT2D eigenvalue weighted by molar-refractivity contribution is -0.134. The van der Waals surface area contributed by atoms with Gasteiger partial charge in [0.1, 0.15) is 0 Å². The van der Waals surface area contributed by atoms with Crippen molar-refractivity contribution in [2.75, 3.05) is 0 Å². The van der Waals surface area contributed by atoms with Crippen LogP contribution in [0.3, 0.4) is 0 Å². The third kappa shape index (κ3) is 3.78. The first-order valence-electron chi connectivity index (χ1n) is 2.99. The normalized spacial score (nSPS) is 9.70. The van der Waals surface area contributed by atoms with Crippen LogP contribution in [-0.2, 0) is 9.59 Å². The molecule has 0 fully saturated rings. The molecule has 2 heteroatoms. The van der Waals surface area contributed by atoms with Crippen LogP contribution < -0.4 is 0 Å². The molecule has 0 aromatic heterocycles. The summed E-state index contributed by atoms with van der Waals surface area (Å²) < 4.78 is 0. The van der Waals surface area contributed by atoms with Crippen molar-refractivity contribution in [3.8, 4) is 0 Å². The van der Waals surface area contributed by atoms with Crippen molar-refractivity contribution in [2.24, 2.45) is 0 Å². The topological polar surface area (TPSA) is 34.1 Å². The largest absolute Gasteiger partial charge is 0.291 e. The Kier molecular flexibility index (Phi) is 4.12. The summed E-state index contributed by atoms with van der Waals surface area (Å²) in [6.45, 7) is 4.69. The SMILES string of the molecule is C=CC=CCC(=O)C(C)=O. The summed E-state index contributed by atoms with van der Waals surface area (Å²) in [5, 5.41) is 0. The lowest BCUT2D eigenvalue weighted by Gasteiger charge is -1.85. The van der Waals surface area contributed by atoms with E-state index in [4.69, 9.17) is 0 Å². The second-order valence-electron chi connectivity index (χ2n) is 1.85. The highest BCUT2D eigenvalue weighted by atomic mass is 16.2. The lowest BCUT2D eigenvalue weighted by Crippen LogP contribution is -2.06. The standard InChI is InChI=1S/C8H10O2/c1-3-4-5-6-8(10)7(2)9/h3-5H,1,6H2,2H3. The first-order valence-corrected chi connectivity index (χ1v) is 2.99. The summed E-state index contributed by atoms with van der Waals surface area (Å²) >= 11 is 0. The van der Waals surface area contributed by atoms with Crippen LogP contribution >= 0.6 is 0 Å². The molecule has 0 aromatic rings. The van der Waals surface area contributed by atoms with E-state index in [0.29, 0.717) is 0 Å². The highest BCUT2D eigenvalue weighted by molar-refractivity contribution is 6.36. The van der Waals surface area contributed by atoms with E-state index in [9.17, 15) is 9.59 Å². The molecule has 0 N–H and O–H groups in total. The molecule has 0 atom stereocenters. The first-order chi connectivity index (χ1) is 4.68. The van der Waals surface area contributed by atoms with Crippen LogP contribution in [0.15, 0.2) is 24.8 Å². The van der Waals surface area contributed by atoms with Crippen LogP contribution in [0.1, 0.15) is 13.3 Å².